The quantitative estimate of drug-likeness (QED) is 0.835. The zero-order chi connectivity index (χ0) is 12.5. The Balaban J connectivity index is 2.07. The molecule has 4 nitrogen and oxygen atoms in total. The molecule has 4 heteroatoms. The monoisotopic (exact) mass is 234 g/mol. The minimum absolute atomic E-state index is 0.0962. The average molecular weight is 234 g/mol. The van der Waals surface area contributed by atoms with Crippen molar-refractivity contribution in [1.82, 2.24) is 0 Å². The number of aryl methyl sites for hydroxylation is 1. The van der Waals surface area contributed by atoms with E-state index in [1.165, 1.54) is 0 Å². The SMILES string of the molecule is CCOc1ccc(NC(=O)C2(N)CC2)cc1C. The second-order valence-corrected chi connectivity index (χ2v) is 4.52. The van der Waals surface area contributed by atoms with Crippen molar-refractivity contribution in [3.05, 3.63) is 23.8 Å². The van der Waals surface area contributed by atoms with Crippen molar-refractivity contribution in [1.29, 1.82) is 0 Å². The molecule has 1 amide bonds. The molecule has 1 aliphatic rings. The van der Waals surface area contributed by atoms with E-state index in [0.29, 0.717) is 6.61 Å². The summed E-state index contributed by atoms with van der Waals surface area (Å²) in [6.07, 6.45) is 1.55. The van der Waals surface area contributed by atoms with E-state index in [1.807, 2.05) is 32.0 Å². The molecule has 1 fully saturated rings. The van der Waals surface area contributed by atoms with Crippen molar-refractivity contribution >= 4 is 11.6 Å². The predicted molar refractivity (Wildman–Crippen MR) is 67.1 cm³/mol. The van der Waals surface area contributed by atoms with Crippen LogP contribution in [0.5, 0.6) is 5.75 Å². The van der Waals surface area contributed by atoms with Crippen LogP contribution < -0.4 is 15.8 Å². The molecule has 2 rings (SSSR count). The van der Waals surface area contributed by atoms with Gasteiger partial charge < -0.3 is 15.8 Å². The molecule has 0 aliphatic heterocycles. The third-order valence-corrected chi connectivity index (χ3v) is 2.97. The first-order chi connectivity index (χ1) is 8.05. The fourth-order valence-electron chi connectivity index (χ4n) is 1.66. The van der Waals surface area contributed by atoms with E-state index in [1.54, 1.807) is 0 Å². The lowest BCUT2D eigenvalue weighted by Crippen LogP contribution is -2.37. The summed E-state index contributed by atoms with van der Waals surface area (Å²) in [5.41, 5.74) is 6.96. The Labute approximate surface area is 101 Å². The maximum absolute atomic E-state index is 11.8. The number of rotatable bonds is 4. The van der Waals surface area contributed by atoms with Gasteiger partial charge in [-0.1, -0.05) is 0 Å². The highest BCUT2D eigenvalue weighted by Crippen LogP contribution is 2.33. The molecule has 1 aliphatic carbocycles. The maximum Gasteiger partial charge on any atom is 0.244 e. The minimum Gasteiger partial charge on any atom is -0.494 e. The van der Waals surface area contributed by atoms with Gasteiger partial charge in [0.25, 0.3) is 0 Å². The van der Waals surface area contributed by atoms with Gasteiger partial charge in [0, 0.05) is 5.69 Å². The van der Waals surface area contributed by atoms with Crippen LogP contribution in [-0.2, 0) is 4.79 Å². The summed E-state index contributed by atoms with van der Waals surface area (Å²) in [6.45, 7) is 4.54. The summed E-state index contributed by atoms with van der Waals surface area (Å²) in [4.78, 5) is 11.8. The number of hydrogen-bond donors (Lipinski definition) is 2. The van der Waals surface area contributed by atoms with Crippen molar-refractivity contribution < 1.29 is 9.53 Å². The standard InChI is InChI=1S/C13H18N2O2/c1-3-17-11-5-4-10(8-9(11)2)15-12(16)13(14)6-7-13/h4-5,8H,3,6-7,14H2,1-2H3,(H,15,16). The number of anilines is 1. The molecule has 0 spiro atoms. The van der Waals surface area contributed by atoms with E-state index >= 15 is 0 Å². The van der Waals surface area contributed by atoms with Crippen LogP contribution in [0.25, 0.3) is 0 Å². The van der Waals surface area contributed by atoms with Crippen LogP contribution in [0.3, 0.4) is 0 Å². The Bertz CT molecular complexity index is 439. The van der Waals surface area contributed by atoms with Gasteiger partial charge in [0.2, 0.25) is 5.91 Å². The van der Waals surface area contributed by atoms with Crippen molar-refractivity contribution in [3.8, 4) is 5.75 Å². The van der Waals surface area contributed by atoms with Crippen LogP contribution in [0.4, 0.5) is 5.69 Å². The number of nitrogens with two attached hydrogens (primary N) is 1. The number of hydrogen-bond acceptors (Lipinski definition) is 3. The van der Waals surface area contributed by atoms with Crippen molar-refractivity contribution in [2.75, 3.05) is 11.9 Å². The number of carbonyl (C=O) groups is 1. The van der Waals surface area contributed by atoms with Crippen molar-refractivity contribution in [2.45, 2.75) is 32.2 Å². The van der Waals surface area contributed by atoms with Crippen LogP contribution in [0, 0.1) is 6.92 Å². The summed E-state index contributed by atoms with van der Waals surface area (Å²) in [6, 6.07) is 5.60. The zero-order valence-corrected chi connectivity index (χ0v) is 10.2. The number of carbonyl (C=O) groups excluding carboxylic acids is 1. The predicted octanol–water partition coefficient (Wildman–Crippen LogP) is 1.82. The van der Waals surface area contributed by atoms with Crippen LogP contribution in [0.2, 0.25) is 0 Å². The van der Waals surface area contributed by atoms with Gasteiger partial charge in [0.1, 0.15) is 5.75 Å². The van der Waals surface area contributed by atoms with Gasteiger partial charge >= 0.3 is 0 Å². The molecule has 17 heavy (non-hydrogen) atoms. The first-order valence-electron chi connectivity index (χ1n) is 5.89. The first-order valence-corrected chi connectivity index (χ1v) is 5.89. The van der Waals surface area contributed by atoms with E-state index in [9.17, 15) is 4.79 Å². The van der Waals surface area contributed by atoms with Gasteiger partial charge in [-0.2, -0.15) is 0 Å². The summed E-state index contributed by atoms with van der Waals surface area (Å²) in [5, 5.41) is 2.84. The van der Waals surface area contributed by atoms with Gasteiger partial charge in [0.05, 0.1) is 12.1 Å². The number of amides is 1. The van der Waals surface area contributed by atoms with Gasteiger partial charge in [-0.05, 0) is 50.5 Å². The Morgan fingerprint density at radius 2 is 2.24 bits per heavy atom. The van der Waals surface area contributed by atoms with E-state index in [2.05, 4.69) is 5.32 Å². The van der Waals surface area contributed by atoms with E-state index in [4.69, 9.17) is 10.5 Å². The largest absolute Gasteiger partial charge is 0.494 e. The molecule has 0 aromatic heterocycles. The molecule has 0 radical (unpaired) electrons. The first kappa shape index (κ1) is 11.9. The highest BCUT2D eigenvalue weighted by molar-refractivity contribution is 6.00. The molecule has 1 aromatic rings. The molecule has 92 valence electrons. The fourth-order valence-corrected chi connectivity index (χ4v) is 1.66. The van der Waals surface area contributed by atoms with Gasteiger partial charge in [0.15, 0.2) is 0 Å². The van der Waals surface area contributed by atoms with Gasteiger partial charge in [-0.15, -0.1) is 0 Å². The van der Waals surface area contributed by atoms with Crippen LogP contribution in [-0.4, -0.2) is 18.1 Å². The Morgan fingerprint density at radius 1 is 1.53 bits per heavy atom. The van der Waals surface area contributed by atoms with Crippen molar-refractivity contribution in [2.24, 2.45) is 5.73 Å². The summed E-state index contributed by atoms with van der Waals surface area (Å²) in [7, 11) is 0. The molecule has 0 unspecified atom stereocenters. The Hall–Kier alpha value is -1.55. The number of ether oxygens (including phenoxy) is 1. The lowest BCUT2D eigenvalue weighted by atomic mass is 10.2. The molecule has 0 atom stereocenters. The lowest BCUT2D eigenvalue weighted by molar-refractivity contribution is -0.118. The lowest BCUT2D eigenvalue weighted by Gasteiger charge is -2.12. The van der Waals surface area contributed by atoms with E-state index in [-0.39, 0.29) is 5.91 Å². The molecular weight excluding hydrogens is 216 g/mol. The topological polar surface area (TPSA) is 64.3 Å². The van der Waals surface area contributed by atoms with Gasteiger partial charge in [-0.3, -0.25) is 4.79 Å². The zero-order valence-electron chi connectivity index (χ0n) is 10.2. The highest BCUT2D eigenvalue weighted by atomic mass is 16.5. The maximum atomic E-state index is 11.8. The fraction of sp³-hybridized carbons (Fsp3) is 0.462. The Morgan fingerprint density at radius 3 is 2.76 bits per heavy atom. The third kappa shape index (κ3) is 2.58. The average Bonchev–Trinajstić information content (AvgIpc) is 3.02. The summed E-state index contributed by atoms with van der Waals surface area (Å²) >= 11 is 0. The molecule has 1 saturated carbocycles. The van der Waals surface area contributed by atoms with Crippen LogP contribution in [0.1, 0.15) is 25.3 Å². The minimum atomic E-state index is -0.632. The highest BCUT2D eigenvalue weighted by Gasteiger charge is 2.45. The number of benzene rings is 1. The number of nitrogens with one attached hydrogen (secondary N) is 1. The molecular formula is C13H18N2O2. The molecule has 0 saturated heterocycles. The van der Waals surface area contributed by atoms with Crippen LogP contribution >= 0.6 is 0 Å². The van der Waals surface area contributed by atoms with E-state index < -0.39 is 5.54 Å². The summed E-state index contributed by atoms with van der Waals surface area (Å²) < 4.78 is 5.44. The summed E-state index contributed by atoms with van der Waals surface area (Å²) in [5.74, 6) is 0.750. The molecule has 3 N–H and O–H groups in total. The molecule has 0 bridgehead atoms. The smallest absolute Gasteiger partial charge is 0.244 e. The second-order valence-electron chi connectivity index (χ2n) is 4.52. The second kappa shape index (κ2) is 4.37. The molecule has 1 aromatic carbocycles. The van der Waals surface area contributed by atoms with Crippen molar-refractivity contribution in [3.63, 3.8) is 0 Å². The van der Waals surface area contributed by atoms with Crippen LogP contribution in [0.15, 0.2) is 18.2 Å². The third-order valence-electron chi connectivity index (χ3n) is 2.97. The van der Waals surface area contributed by atoms with Gasteiger partial charge in [-0.25, -0.2) is 0 Å². The molecule has 0 heterocycles. The Kier molecular flexibility index (Phi) is 3.07. The normalized spacial score (nSPS) is 16.4. The van der Waals surface area contributed by atoms with E-state index in [0.717, 1.165) is 29.8 Å².